The fraction of sp³-hybridized carbons (Fsp3) is 0.0588. The molecule has 0 heterocycles. The summed E-state index contributed by atoms with van der Waals surface area (Å²) in [7, 11) is 0.921. The summed E-state index contributed by atoms with van der Waals surface area (Å²) in [5, 5.41) is 7.09. The van der Waals surface area contributed by atoms with Gasteiger partial charge in [-0.1, -0.05) is 121 Å². The van der Waals surface area contributed by atoms with Crippen molar-refractivity contribution in [1.82, 2.24) is 0 Å². The SMILES string of the molecule is CN(C)c1ccc2ccccc2c1-c1c(P(=O)(c2ccccc2)c2ccccc2)ccc2ccccc12. The molecular weight excluding hydrogens is 469 g/mol. The monoisotopic (exact) mass is 497 g/mol. The van der Waals surface area contributed by atoms with Gasteiger partial charge in [-0.15, -0.1) is 0 Å². The van der Waals surface area contributed by atoms with Crippen LogP contribution in [0.5, 0.6) is 0 Å². The summed E-state index contributed by atoms with van der Waals surface area (Å²) >= 11 is 0. The standard InChI is InChI=1S/C34H28NOP/c1-35(2)31-23-21-25-13-9-11-19-29(25)33(31)34-30-20-12-10-14-26(30)22-24-32(34)37(36,27-15-5-3-6-16-27)28-17-7-4-8-18-28/h3-24H,1-2H3. The molecule has 0 unspecified atom stereocenters. The molecule has 0 aliphatic carbocycles. The highest BCUT2D eigenvalue weighted by Gasteiger charge is 2.34. The van der Waals surface area contributed by atoms with Crippen molar-refractivity contribution in [3.05, 3.63) is 133 Å². The molecule has 0 spiro atoms. The fourth-order valence-electron chi connectivity index (χ4n) is 5.38. The van der Waals surface area contributed by atoms with E-state index >= 15 is 4.57 Å². The lowest BCUT2D eigenvalue weighted by molar-refractivity contribution is 0.592. The highest BCUT2D eigenvalue weighted by molar-refractivity contribution is 7.85. The average Bonchev–Trinajstić information content (AvgIpc) is 2.96. The molecule has 6 aromatic rings. The summed E-state index contributed by atoms with van der Waals surface area (Å²) in [4.78, 5) is 2.16. The van der Waals surface area contributed by atoms with Crippen molar-refractivity contribution in [2.75, 3.05) is 19.0 Å². The van der Waals surface area contributed by atoms with Crippen LogP contribution in [-0.2, 0) is 4.57 Å². The highest BCUT2D eigenvalue weighted by atomic mass is 31.2. The average molecular weight is 498 g/mol. The minimum atomic E-state index is -3.23. The Labute approximate surface area is 218 Å². The van der Waals surface area contributed by atoms with Crippen LogP contribution in [-0.4, -0.2) is 14.1 Å². The van der Waals surface area contributed by atoms with Crippen molar-refractivity contribution in [3.63, 3.8) is 0 Å². The van der Waals surface area contributed by atoms with Gasteiger partial charge in [0.2, 0.25) is 0 Å². The molecule has 6 rings (SSSR count). The topological polar surface area (TPSA) is 20.3 Å². The Kier molecular flexibility index (Phi) is 5.91. The van der Waals surface area contributed by atoms with Crippen molar-refractivity contribution in [3.8, 4) is 11.1 Å². The van der Waals surface area contributed by atoms with Gasteiger partial charge in [-0.2, -0.15) is 0 Å². The van der Waals surface area contributed by atoms with Crippen LogP contribution in [0.15, 0.2) is 133 Å². The van der Waals surface area contributed by atoms with Gasteiger partial charge < -0.3 is 9.46 Å². The zero-order valence-corrected chi connectivity index (χ0v) is 21.9. The molecule has 0 radical (unpaired) electrons. The van der Waals surface area contributed by atoms with E-state index in [9.17, 15) is 0 Å². The Hall–Kier alpha value is -4.13. The normalized spacial score (nSPS) is 11.6. The maximum Gasteiger partial charge on any atom is 0.171 e. The molecule has 0 bridgehead atoms. The number of hydrogen-bond donors (Lipinski definition) is 0. The third kappa shape index (κ3) is 3.86. The predicted molar refractivity (Wildman–Crippen MR) is 161 cm³/mol. The molecule has 0 aliphatic heterocycles. The molecule has 0 atom stereocenters. The van der Waals surface area contributed by atoms with Gasteiger partial charge in [0.1, 0.15) is 0 Å². The van der Waals surface area contributed by atoms with Crippen LogP contribution >= 0.6 is 7.14 Å². The molecule has 2 nitrogen and oxygen atoms in total. The van der Waals surface area contributed by atoms with E-state index < -0.39 is 7.14 Å². The summed E-state index contributed by atoms with van der Waals surface area (Å²) in [5.74, 6) is 0. The predicted octanol–water partition coefficient (Wildman–Crippen LogP) is 7.37. The molecule has 0 aliphatic rings. The highest BCUT2D eigenvalue weighted by Crippen LogP contribution is 2.49. The lowest BCUT2D eigenvalue weighted by Crippen LogP contribution is -2.27. The second-order valence-electron chi connectivity index (χ2n) is 9.54. The Morgan fingerprint density at radius 1 is 0.486 bits per heavy atom. The molecule has 0 amide bonds. The Morgan fingerprint density at radius 2 is 0.946 bits per heavy atom. The zero-order chi connectivity index (χ0) is 25.4. The Morgan fingerprint density at radius 3 is 1.49 bits per heavy atom. The van der Waals surface area contributed by atoms with Crippen molar-refractivity contribution in [1.29, 1.82) is 0 Å². The van der Waals surface area contributed by atoms with Crippen LogP contribution in [0.3, 0.4) is 0 Å². The summed E-state index contributed by atoms with van der Waals surface area (Å²) in [6.07, 6.45) is 0. The second-order valence-corrected chi connectivity index (χ2v) is 12.3. The second kappa shape index (κ2) is 9.39. The minimum absolute atomic E-state index is 0.837. The van der Waals surface area contributed by atoms with E-state index in [1.807, 2.05) is 60.7 Å². The number of fused-ring (bicyclic) bond motifs is 2. The van der Waals surface area contributed by atoms with Gasteiger partial charge in [-0.25, -0.2) is 0 Å². The molecule has 37 heavy (non-hydrogen) atoms. The Balaban J connectivity index is 1.84. The van der Waals surface area contributed by atoms with E-state index in [4.69, 9.17) is 0 Å². The van der Waals surface area contributed by atoms with Crippen molar-refractivity contribution in [2.24, 2.45) is 0 Å². The van der Waals surface area contributed by atoms with E-state index in [1.54, 1.807) is 0 Å². The first-order valence-corrected chi connectivity index (χ1v) is 14.2. The lowest BCUT2D eigenvalue weighted by atomic mass is 9.92. The number of hydrogen-bond acceptors (Lipinski definition) is 2. The molecule has 0 aromatic heterocycles. The number of nitrogens with zero attached hydrogens (tertiary/aromatic N) is 1. The van der Waals surface area contributed by atoms with Gasteiger partial charge >= 0.3 is 0 Å². The first kappa shape index (κ1) is 23.3. The third-order valence-electron chi connectivity index (χ3n) is 7.12. The summed E-state index contributed by atoms with van der Waals surface area (Å²) in [6, 6.07) is 45.4. The third-order valence-corrected chi connectivity index (χ3v) is 10.2. The fourth-order valence-corrected chi connectivity index (χ4v) is 8.25. The van der Waals surface area contributed by atoms with Crippen molar-refractivity contribution in [2.45, 2.75) is 0 Å². The van der Waals surface area contributed by atoms with E-state index in [-0.39, 0.29) is 0 Å². The smallest absolute Gasteiger partial charge is 0.171 e. The first-order valence-electron chi connectivity index (χ1n) is 12.5. The molecule has 0 saturated carbocycles. The molecule has 3 heteroatoms. The van der Waals surface area contributed by atoms with Crippen LogP contribution < -0.4 is 20.8 Å². The molecular formula is C34H28NOP. The lowest BCUT2D eigenvalue weighted by Gasteiger charge is -2.27. The first-order chi connectivity index (χ1) is 18.1. The van der Waals surface area contributed by atoms with Crippen LogP contribution in [0, 0.1) is 0 Å². The van der Waals surface area contributed by atoms with Gasteiger partial charge in [0.25, 0.3) is 0 Å². The van der Waals surface area contributed by atoms with Crippen LogP contribution in [0.1, 0.15) is 0 Å². The van der Waals surface area contributed by atoms with Crippen molar-refractivity contribution < 1.29 is 4.57 Å². The van der Waals surface area contributed by atoms with Gasteiger partial charge in [0.15, 0.2) is 7.14 Å². The molecule has 6 aromatic carbocycles. The van der Waals surface area contributed by atoms with Crippen LogP contribution in [0.25, 0.3) is 32.7 Å². The van der Waals surface area contributed by atoms with E-state index in [0.29, 0.717) is 0 Å². The van der Waals surface area contributed by atoms with Gasteiger partial charge in [-0.05, 0) is 33.7 Å². The number of rotatable bonds is 5. The minimum Gasteiger partial charge on any atom is -0.377 e. The van der Waals surface area contributed by atoms with Crippen LogP contribution in [0.4, 0.5) is 5.69 Å². The van der Waals surface area contributed by atoms with E-state index in [2.05, 4.69) is 91.8 Å². The van der Waals surface area contributed by atoms with E-state index in [1.165, 1.54) is 0 Å². The van der Waals surface area contributed by atoms with Crippen molar-refractivity contribution >= 4 is 50.3 Å². The van der Waals surface area contributed by atoms with Gasteiger partial charge in [0, 0.05) is 46.8 Å². The molecule has 0 fully saturated rings. The zero-order valence-electron chi connectivity index (χ0n) is 21.0. The summed E-state index contributed by atoms with van der Waals surface area (Å²) in [6.45, 7) is 0. The maximum atomic E-state index is 15.7. The van der Waals surface area contributed by atoms with E-state index in [0.717, 1.165) is 54.3 Å². The largest absolute Gasteiger partial charge is 0.377 e. The number of anilines is 1. The maximum absolute atomic E-state index is 15.7. The number of benzene rings is 6. The summed E-state index contributed by atoms with van der Waals surface area (Å²) in [5.41, 5.74) is 3.25. The van der Waals surface area contributed by atoms with Crippen LogP contribution in [0.2, 0.25) is 0 Å². The van der Waals surface area contributed by atoms with Gasteiger partial charge in [-0.3, -0.25) is 0 Å². The Bertz CT molecular complexity index is 1730. The molecule has 0 saturated heterocycles. The van der Waals surface area contributed by atoms with Gasteiger partial charge in [0.05, 0.1) is 0 Å². The molecule has 180 valence electrons. The summed E-state index contributed by atoms with van der Waals surface area (Å²) < 4.78 is 15.7. The molecule has 0 N–H and O–H groups in total. The quantitative estimate of drug-likeness (QED) is 0.232.